The lowest BCUT2D eigenvalue weighted by Gasteiger charge is -2.10. The fourth-order valence-electron chi connectivity index (χ4n) is 1.71. The highest BCUT2D eigenvalue weighted by molar-refractivity contribution is 6.31. The molecular weight excluding hydrogens is 240 g/mol. The Hall–Kier alpha value is -1.55. The second-order valence-electron chi connectivity index (χ2n) is 4.16. The molecule has 0 spiro atoms. The number of hydrogen-bond donors (Lipinski definition) is 2. The molecule has 1 aliphatic heterocycles. The monoisotopic (exact) mass is 252 g/mol. The van der Waals surface area contributed by atoms with E-state index in [1.54, 1.807) is 12.1 Å². The smallest absolute Gasteiger partial charge is 0.229 e. The average molecular weight is 253 g/mol. The maximum Gasteiger partial charge on any atom is 0.229 e. The Balaban J connectivity index is 2.03. The van der Waals surface area contributed by atoms with E-state index in [-0.39, 0.29) is 24.2 Å². The van der Waals surface area contributed by atoms with Crippen molar-refractivity contribution in [2.24, 2.45) is 5.92 Å². The van der Waals surface area contributed by atoms with Crippen LogP contribution in [0.15, 0.2) is 18.2 Å². The summed E-state index contributed by atoms with van der Waals surface area (Å²) in [5.74, 6) is -0.516. The third kappa shape index (κ3) is 2.77. The molecule has 2 rings (SSSR count). The Labute approximate surface area is 104 Å². The standard InChI is InChI=1S/C12H13ClN2O2/c1-7-2-3-9(5-10(7)13)15-12(17)8-4-11(16)14-6-8/h2-3,5,8H,4,6H2,1H3,(H,14,16)(H,15,17). The molecule has 0 aliphatic carbocycles. The zero-order chi connectivity index (χ0) is 12.4. The zero-order valence-electron chi connectivity index (χ0n) is 9.42. The summed E-state index contributed by atoms with van der Waals surface area (Å²) < 4.78 is 0. The molecule has 90 valence electrons. The van der Waals surface area contributed by atoms with Gasteiger partial charge in [0, 0.05) is 23.7 Å². The van der Waals surface area contributed by atoms with Gasteiger partial charge in [0.15, 0.2) is 0 Å². The topological polar surface area (TPSA) is 58.2 Å². The second-order valence-corrected chi connectivity index (χ2v) is 4.57. The summed E-state index contributed by atoms with van der Waals surface area (Å²) in [6.07, 6.45) is 0.255. The van der Waals surface area contributed by atoms with E-state index in [4.69, 9.17) is 11.6 Å². The molecule has 1 aromatic carbocycles. The molecule has 4 nitrogen and oxygen atoms in total. The first-order chi connectivity index (χ1) is 8.06. The number of benzene rings is 1. The van der Waals surface area contributed by atoms with Crippen LogP contribution in [0, 0.1) is 12.8 Å². The second kappa shape index (κ2) is 4.75. The van der Waals surface area contributed by atoms with Crippen molar-refractivity contribution in [3.05, 3.63) is 28.8 Å². The van der Waals surface area contributed by atoms with Crippen molar-refractivity contribution in [2.45, 2.75) is 13.3 Å². The Bertz CT molecular complexity index is 474. The number of carbonyl (C=O) groups is 2. The van der Waals surface area contributed by atoms with Crippen LogP contribution >= 0.6 is 11.6 Å². The fourth-order valence-corrected chi connectivity index (χ4v) is 1.89. The highest BCUT2D eigenvalue weighted by Crippen LogP contribution is 2.21. The number of halogens is 1. The Morgan fingerprint density at radius 1 is 1.53 bits per heavy atom. The molecule has 17 heavy (non-hydrogen) atoms. The summed E-state index contributed by atoms with van der Waals surface area (Å²) in [7, 11) is 0. The number of aryl methyl sites for hydroxylation is 1. The summed E-state index contributed by atoms with van der Waals surface area (Å²) in [5.41, 5.74) is 1.62. The van der Waals surface area contributed by atoms with E-state index < -0.39 is 0 Å². The van der Waals surface area contributed by atoms with E-state index in [9.17, 15) is 9.59 Å². The number of hydrogen-bond acceptors (Lipinski definition) is 2. The van der Waals surface area contributed by atoms with Gasteiger partial charge in [-0.1, -0.05) is 17.7 Å². The fraction of sp³-hybridized carbons (Fsp3) is 0.333. The predicted molar refractivity (Wildman–Crippen MR) is 65.9 cm³/mol. The van der Waals surface area contributed by atoms with Crippen LogP contribution in [0.3, 0.4) is 0 Å². The lowest BCUT2D eigenvalue weighted by molar-refractivity contribution is -0.123. The molecule has 2 amide bonds. The minimum Gasteiger partial charge on any atom is -0.355 e. The van der Waals surface area contributed by atoms with Crippen LogP contribution in [0.1, 0.15) is 12.0 Å². The summed E-state index contributed by atoms with van der Waals surface area (Å²) in [5, 5.41) is 6.00. The first-order valence-electron chi connectivity index (χ1n) is 5.40. The van der Waals surface area contributed by atoms with Crippen molar-refractivity contribution in [2.75, 3.05) is 11.9 Å². The Morgan fingerprint density at radius 2 is 2.29 bits per heavy atom. The van der Waals surface area contributed by atoms with E-state index in [1.165, 1.54) is 0 Å². The van der Waals surface area contributed by atoms with Gasteiger partial charge in [-0.05, 0) is 24.6 Å². The molecule has 1 unspecified atom stereocenters. The van der Waals surface area contributed by atoms with Crippen LogP contribution in [-0.4, -0.2) is 18.4 Å². The molecule has 1 saturated heterocycles. The van der Waals surface area contributed by atoms with Crippen molar-refractivity contribution in [1.82, 2.24) is 5.32 Å². The minimum atomic E-state index is -0.289. The first kappa shape index (κ1) is 11.9. The van der Waals surface area contributed by atoms with Gasteiger partial charge in [-0.15, -0.1) is 0 Å². The molecule has 0 saturated carbocycles. The lowest BCUT2D eigenvalue weighted by atomic mass is 10.1. The summed E-state index contributed by atoms with van der Waals surface area (Å²) in [6, 6.07) is 5.35. The zero-order valence-corrected chi connectivity index (χ0v) is 10.2. The molecule has 5 heteroatoms. The quantitative estimate of drug-likeness (QED) is 0.842. The molecule has 1 atom stereocenters. The van der Waals surface area contributed by atoms with Gasteiger partial charge in [-0.25, -0.2) is 0 Å². The third-order valence-corrected chi connectivity index (χ3v) is 3.19. The molecule has 1 aromatic rings. The van der Waals surface area contributed by atoms with Crippen LogP contribution < -0.4 is 10.6 Å². The van der Waals surface area contributed by atoms with Gasteiger partial charge < -0.3 is 10.6 Å². The van der Waals surface area contributed by atoms with E-state index in [0.717, 1.165) is 5.56 Å². The van der Waals surface area contributed by atoms with Crippen LogP contribution in [0.2, 0.25) is 5.02 Å². The number of nitrogens with one attached hydrogen (secondary N) is 2. The van der Waals surface area contributed by atoms with E-state index in [2.05, 4.69) is 10.6 Å². The summed E-state index contributed by atoms with van der Waals surface area (Å²) >= 11 is 5.96. The van der Waals surface area contributed by atoms with Crippen LogP contribution in [0.5, 0.6) is 0 Å². The third-order valence-electron chi connectivity index (χ3n) is 2.79. The van der Waals surface area contributed by atoms with Gasteiger partial charge in [0.05, 0.1) is 5.92 Å². The number of anilines is 1. The molecular formula is C12H13ClN2O2. The van der Waals surface area contributed by atoms with Gasteiger partial charge in [0.25, 0.3) is 0 Å². The summed E-state index contributed by atoms with van der Waals surface area (Å²) in [4.78, 5) is 22.8. The first-order valence-corrected chi connectivity index (χ1v) is 5.78. The normalized spacial score (nSPS) is 18.9. The maximum absolute atomic E-state index is 11.8. The molecule has 1 aliphatic rings. The molecule has 1 fully saturated rings. The van der Waals surface area contributed by atoms with Crippen LogP contribution in [0.25, 0.3) is 0 Å². The van der Waals surface area contributed by atoms with Crippen molar-refractivity contribution < 1.29 is 9.59 Å². The average Bonchev–Trinajstić information content (AvgIpc) is 2.70. The molecule has 0 aromatic heterocycles. The van der Waals surface area contributed by atoms with Crippen molar-refractivity contribution in [1.29, 1.82) is 0 Å². The van der Waals surface area contributed by atoms with Gasteiger partial charge in [0.2, 0.25) is 11.8 Å². The highest BCUT2D eigenvalue weighted by Gasteiger charge is 2.27. The van der Waals surface area contributed by atoms with Crippen molar-refractivity contribution in [3.63, 3.8) is 0 Å². The number of carbonyl (C=O) groups excluding carboxylic acids is 2. The largest absolute Gasteiger partial charge is 0.355 e. The minimum absolute atomic E-state index is 0.0768. The predicted octanol–water partition coefficient (Wildman–Crippen LogP) is 1.72. The Kier molecular flexibility index (Phi) is 3.33. The highest BCUT2D eigenvalue weighted by atomic mass is 35.5. The van der Waals surface area contributed by atoms with E-state index >= 15 is 0 Å². The van der Waals surface area contributed by atoms with Crippen molar-refractivity contribution in [3.8, 4) is 0 Å². The van der Waals surface area contributed by atoms with Gasteiger partial charge in [-0.3, -0.25) is 9.59 Å². The molecule has 0 bridgehead atoms. The molecule has 1 heterocycles. The maximum atomic E-state index is 11.8. The SMILES string of the molecule is Cc1ccc(NC(=O)C2CNC(=O)C2)cc1Cl. The Morgan fingerprint density at radius 3 is 2.88 bits per heavy atom. The molecule has 2 N–H and O–H groups in total. The number of amides is 2. The van der Waals surface area contributed by atoms with E-state index in [0.29, 0.717) is 17.3 Å². The number of rotatable bonds is 2. The summed E-state index contributed by atoms with van der Waals surface area (Å²) in [6.45, 7) is 2.30. The van der Waals surface area contributed by atoms with Crippen LogP contribution in [0.4, 0.5) is 5.69 Å². The van der Waals surface area contributed by atoms with E-state index in [1.807, 2.05) is 13.0 Å². The van der Waals surface area contributed by atoms with Gasteiger partial charge in [0.1, 0.15) is 0 Å². The van der Waals surface area contributed by atoms with Crippen LogP contribution in [-0.2, 0) is 9.59 Å². The van der Waals surface area contributed by atoms with Gasteiger partial charge >= 0.3 is 0 Å². The lowest BCUT2D eigenvalue weighted by Crippen LogP contribution is -2.24. The van der Waals surface area contributed by atoms with Gasteiger partial charge in [-0.2, -0.15) is 0 Å². The molecule has 0 radical (unpaired) electrons. The van der Waals surface area contributed by atoms with Crippen molar-refractivity contribution >= 4 is 29.1 Å².